The average Bonchev–Trinajstić information content (AvgIpc) is 3.44. The summed E-state index contributed by atoms with van der Waals surface area (Å²) in [5.41, 5.74) is 1.81. The maximum Gasteiger partial charge on any atom is 0.408 e. The van der Waals surface area contributed by atoms with Crippen molar-refractivity contribution in [3.05, 3.63) is 95.9 Å². The SMILES string of the molecule is CC(C)C[C@H](NC(=O)OCc1ccccc1)C(=O)N(C)[C@@H](Cc1ccccc1)C(=O)CSCc1ccco1. The smallest absolute Gasteiger partial charge is 0.408 e. The molecule has 0 aliphatic heterocycles. The van der Waals surface area contributed by atoms with Crippen molar-refractivity contribution in [2.45, 2.75) is 51.1 Å². The van der Waals surface area contributed by atoms with Gasteiger partial charge in [-0.25, -0.2) is 4.79 Å². The molecular formula is C30H36N2O5S. The topological polar surface area (TPSA) is 88.9 Å². The van der Waals surface area contributed by atoms with Crippen LogP contribution in [0.1, 0.15) is 37.2 Å². The van der Waals surface area contributed by atoms with Gasteiger partial charge in [-0.3, -0.25) is 9.59 Å². The molecule has 8 heteroatoms. The number of alkyl carbamates (subject to hydrolysis) is 1. The van der Waals surface area contributed by atoms with Gasteiger partial charge in [0.15, 0.2) is 5.78 Å². The van der Waals surface area contributed by atoms with Crippen molar-refractivity contribution >= 4 is 29.5 Å². The average molecular weight is 537 g/mol. The van der Waals surface area contributed by atoms with E-state index >= 15 is 0 Å². The Kier molecular flexibility index (Phi) is 11.5. The second-order valence-electron chi connectivity index (χ2n) is 9.58. The molecule has 1 heterocycles. The molecule has 0 saturated heterocycles. The van der Waals surface area contributed by atoms with Crippen molar-refractivity contribution in [1.82, 2.24) is 10.2 Å². The number of furan rings is 1. The molecule has 0 aliphatic carbocycles. The van der Waals surface area contributed by atoms with Crippen LogP contribution in [0.25, 0.3) is 0 Å². The minimum atomic E-state index is -0.815. The highest BCUT2D eigenvalue weighted by Gasteiger charge is 2.32. The lowest BCUT2D eigenvalue weighted by Gasteiger charge is -2.31. The molecule has 7 nitrogen and oxygen atoms in total. The molecule has 3 aromatic rings. The minimum absolute atomic E-state index is 0.0591. The van der Waals surface area contributed by atoms with Gasteiger partial charge in [0.05, 0.1) is 23.8 Å². The molecule has 3 rings (SSSR count). The molecule has 2 atom stereocenters. The summed E-state index contributed by atoms with van der Waals surface area (Å²) in [6, 6.07) is 21.2. The van der Waals surface area contributed by atoms with Crippen LogP contribution >= 0.6 is 11.8 Å². The van der Waals surface area contributed by atoms with Gasteiger partial charge in [0.1, 0.15) is 18.4 Å². The Morgan fingerprint density at radius 2 is 1.61 bits per heavy atom. The Morgan fingerprint density at radius 1 is 0.947 bits per heavy atom. The van der Waals surface area contributed by atoms with Crippen molar-refractivity contribution in [3.8, 4) is 0 Å². The standard InChI is InChI=1S/C30H36N2O5S/c1-22(2)17-26(31-30(35)37-19-24-13-8-5-9-14-24)29(34)32(3)27(18-23-11-6-4-7-12-23)28(33)21-38-20-25-15-10-16-36-25/h4-16,22,26-27H,17-21H2,1-3H3,(H,31,35)/t26-,27-/m0/s1. The molecule has 202 valence electrons. The minimum Gasteiger partial charge on any atom is -0.468 e. The van der Waals surface area contributed by atoms with Gasteiger partial charge in [0.2, 0.25) is 5.91 Å². The van der Waals surface area contributed by atoms with Crippen LogP contribution < -0.4 is 5.32 Å². The Labute approximate surface area is 228 Å². The fraction of sp³-hybridized carbons (Fsp3) is 0.367. The van der Waals surface area contributed by atoms with Crippen LogP contribution in [0.4, 0.5) is 4.79 Å². The number of ketones is 1. The van der Waals surface area contributed by atoms with Gasteiger partial charge in [-0.15, -0.1) is 11.8 Å². The second-order valence-corrected chi connectivity index (χ2v) is 10.6. The first-order chi connectivity index (χ1) is 18.3. The summed E-state index contributed by atoms with van der Waals surface area (Å²) in [4.78, 5) is 41.1. The largest absolute Gasteiger partial charge is 0.468 e. The summed E-state index contributed by atoms with van der Waals surface area (Å²) in [6.45, 7) is 4.07. The summed E-state index contributed by atoms with van der Waals surface area (Å²) in [5.74, 6) is 1.36. The number of amides is 2. The number of likely N-dealkylation sites (N-methyl/N-ethyl adjacent to an activating group) is 1. The predicted molar refractivity (Wildman–Crippen MR) is 150 cm³/mol. The first-order valence-electron chi connectivity index (χ1n) is 12.7. The quantitative estimate of drug-likeness (QED) is 0.293. The third-order valence-electron chi connectivity index (χ3n) is 6.04. The zero-order valence-corrected chi connectivity index (χ0v) is 23.0. The zero-order valence-electron chi connectivity index (χ0n) is 22.2. The van der Waals surface area contributed by atoms with Gasteiger partial charge in [-0.1, -0.05) is 74.5 Å². The highest BCUT2D eigenvalue weighted by Crippen LogP contribution is 2.18. The van der Waals surface area contributed by atoms with Crippen LogP contribution in [-0.4, -0.2) is 47.6 Å². The van der Waals surface area contributed by atoms with Crippen LogP contribution in [0.2, 0.25) is 0 Å². The van der Waals surface area contributed by atoms with Crippen molar-refractivity contribution < 1.29 is 23.5 Å². The maximum absolute atomic E-state index is 13.7. The van der Waals surface area contributed by atoms with Crippen molar-refractivity contribution in [2.75, 3.05) is 12.8 Å². The van der Waals surface area contributed by atoms with E-state index in [-0.39, 0.29) is 30.0 Å². The van der Waals surface area contributed by atoms with Crippen LogP contribution in [0.15, 0.2) is 83.5 Å². The van der Waals surface area contributed by atoms with E-state index in [1.807, 2.05) is 86.6 Å². The Bertz CT molecular complexity index is 1140. The molecule has 0 fully saturated rings. The zero-order chi connectivity index (χ0) is 27.3. The van der Waals surface area contributed by atoms with Gasteiger partial charge in [-0.2, -0.15) is 0 Å². The molecule has 38 heavy (non-hydrogen) atoms. The summed E-state index contributed by atoms with van der Waals surface area (Å²) in [7, 11) is 1.63. The fourth-order valence-corrected chi connectivity index (χ4v) is 4.91. The van der Waals surface area contributed by atoms with Gasteiger partial charge < -0.3 is 19.4 Å². The van der Waals surface area contributed by atoms with E-state index in [0.29, 0.717) is 18.6 Å². The van der Waals surface area contributed by atoms with Crippen LogP contribution in [0.5, 0.6) is 0 Å². The number of Topliss-reactive ketones (excluding diaryl/α,β-unsaturated/α-hetero) is 1. The lowest BCUT2D eigenvalue weighted by molar-refractivity contribution is -0.139. The van der Waals surface area contributed by atoms with E-state index < -0.39 is 18.2 Å². The highest BCUT2D eigenvalue weighted by atomic mass is 32.2. The Balaban J connectivity index is 1.69. The number of hydrogen-bond acceptors (Lipinski definition) is 6. The molecule has 0 radical (unpaired) electrons. The third-order valence-corrected chi connectivity index (χ3v) is 7.01. The fourth-order valence-electron chi connectivity index (χ4n) is 4.05. The molecule has 0 aliphatic rings. The number of hydrogen-bond donors (Lipinski definition) is 1. The number of nitrogens with one attached hydrogen (secondary N) is 1. The maximum atomic E-state index is 13.7. The van der Waals surface area contributed by atoms with Gasteiger partial charge >= 0.3 is 6.09 Å². The van der Waals surface area contributed by atoms with E-state index in [9.17, 15) is 14.4 Å². The van der Waals surface area contributed by atoms with Crippen LogP contribution in [-0.2, 0) is 33.1 Å². The number of benzene rings is 2. The predicted octanol–water partition coefficient (Wildman–Crippen LogP) is 5.49. The molecule has 2 aromatic carbocycles. The van der Waals surface area contributed by atoms with E-state index in [1.54, 1.807) is 13.3 Å². The lowest BCUT2D eigenvalue weighted by Crippen LogP contribution is -2.53. The molecule has 0 saturated carbocycles. The van der Waals surface area contributed by atoms with Crippen molar-refractivity contribution in [3.63, 3.8) is 0 Å². The molecule has 0 unspecified atom stereocenters. The number of carbonyl (C=O) groups is 3. The molecule has 0 bridgehead atoms. The summed E-state index contributed by atoms with van der Waals surface area (Å²) >= 11 is 1.45. The van der Waals surface area contributed by atoms with E-state index in [4.69, 9.17) is 9.15 Å². The van der Waals surface area contributed by atoms with Gasteiger partial charge in [0, 0.05) is 7.05 Å². The molecule has 2 amide bonds. The summed E-state index contributed by atoms with van der Waals surface area (Å²) in [5, 5.41) is 2.74. The Hall–Kier alpha value is -3.52. The number of thioether (sulfide) groups is 1. The second kappa shape index (κ2) is 15.0. The number of carbonyl (C=O) groups excluding carboxylic acids is 3. The van der Waals surface area contributed by atoms with Gasteiger partial charge in [-0.05, 0) is 42.0 Å². The van der Waals surface area contributed by atoms with E-state index in [0.717, 1.165) is 16.9 Å². The first kappa shape index (κ1) is 29.0. The number of rotatable bonds is 14. The first-order valence-corrected chi connectivity index (χ1v) is 13.9. The summed E-state index contributed by atoms with van der Waals surface area (Å²) in [6.07, 6.45) is 1.75. The van der Waals surface area contributed by atoms with Crippen molar-refractivity contribution in [1.29, 1.82) is 0 Å². The molecule has 1 aromatic heterocycles. The number of nitrogens with zero attached hydrogens (tertiary/aromatic N) is 1. The molecule has 1 N–H and O–H groups in total. The normalized spacial score (nSPS) is 12.5. The third kappa shape index (κ3) is 9.41. The van der Waals surface area contributed by atoms with E-state index in [2.05, 4.69) is 5.32 Å². The molecule has 0 spiro atoms. The van der Waals surface area contributed by atoms with E-state index in [1.165, 1.54) is 16.7 Å². The van der Waals surface area contributed by atoms with Gasteiger partial charge in [0.25, 0.3) is 0 Å². The molecular weight excluding hydrogens is 500 g/mol. The monoisotopic (exact) mass is 536 g/mol. The highest BCUT2D eigenvalue weighted by molar-refractivity contribution is 7.99. The summed E-state index contributed by atoms with van der Waals surface area (Å²) < 4.78 is 10.7. The van der Waals surface area contributed by atoms with Crippen molar-refractivity contribution in [2.24, 2.45) is 5.92 Å². The number of ether oxygens (including phenoxy) is 1. The lowest BCUT2D eigenvalue weighted by atomic mass is 9.98. The van der Waals surface area contributed by atoms with Crippen LogP contribution in [0.3, 0.4) is 0 Å². The Morgan fingerprint density at radius 3 is 2.21 bits per heavy atom. The van der Waals surface area contributed by atoms with Crippen LogP contribution in [0, 0.1) is 5.92 Å².